The van der Waals surface area contributed by atoms with Crippen LogP contribution in [0.1, 0.15) is 13.8 Å². The van der Waals surface area contributed by atoms with Gasteiger partial charge in [-0.3, -0.25) is 9.59 Å². The van der Waals surface area contributed by atoms with Crippen molar-refractivity contribution in [2.24, 2.45) is 0 Å². The fourth-order valence-electron chi connectivity index (χ4n) is 1.07. The molecule has 0 atom stereocenters. The molecule has 0 heterocycles. The van der Waals surface area contributed by atoms with Crippen LogP contribution in [0.2, 0.25) is 0 Å². The number of hydrogen-bond acceptors (Lipinski definition) is 3. The molecular weight excluding hydrogens is 260 g/mol. The van der Waals surface area contributed by atoms with Gasteiger partial charge in [0, 0.05) is 37.3 Å². The molecule has 0 unspecified atom stereocenters. The first-order valence-electron chi connectivity index (χ1n) is 6.23. The van der Waals surface area contributed by atoms with Gasteiger partial charge in [0.2, 0.25) is 11.8 Å². The SMILES string of the molecule is C=C(C)C(=O)NCCNC(=O)NCCNC(=O)C(=C)C. The molecule has 4 amide bonds. The molecule has 0 spiro atoms. The molecule has 0 saturated heterocycles. The van der Waals surface area contributed by atoms with Gasteiger partial charge in [0.05, 0.1) is 0 Å². The molecule has 7 nitrogen and oxygen atoms in total. The number of rotatable bonds is 8. The van der Waals surface area contributed by atoms with Gasteiger partial charge in [0.15, 0.2) is 0 Å². The molecule has 0 aliphatic carbocycles. The van der Waals surface area contributed by atoms with Crippen LogP contribution in [0.3, 0.4) is 0 Å². The number of carbonyl (C=O) groups is 3. The summed E-state index contributed by atoms with van der Waals surface area (Å²) >= 11 is 0. The first kappa shape index (κ1) is 17.7. The zero-order valence-electron chi connectivity index (χ0n) is 12.0. The molecular formula is C13H22N4O3. The molecule has 0 aromatic carbocycles. The van der Waals surface area contributed by atoms with E-state index in [-0.39, 0.29) is 17.8 Å². The summed E-state index contributed by atoms with van der Waals surface area (Å²) in [6.45, 7) is 11.5. The molecule has 0 fully saturated rings. The molecule has 7 heteroatoms. The quantitative estimate of drug-likeness (QED) is 0.362. The third-order valence-electron chi connectivity index (χ3n) is 2.17. The lowest BCUT2D eigenvalue weighted by molar-refractivity contribution is -0.118. The number of hydrogen-bond donors (Lipinski definition) is 4. The monoisotopic (exact) mass is 282 g/mol. The molecule has 0 rings (SSSR count). The Morgan fingerprint density at radius 2 is 1.00 bits per heavy atom. The Morgan fingerprint density at radius 3 is 1.30 bits per heavy atom. The van der Waals surface area contributed by atoms with Crippen molar-refractivity contribution in [3.8, 4) is 0 Å². The van der Waals surface area contributed by atoms with Crippen LogP contribution in [0.25, 0.3) is 0 Å². The van der Waals surface area contributed by atoms with E-state index >= 15 is 0 Å². The first-order chi connectivity index (χ1) is 9.34. The average molecular weight is 282 g/mol. The Balaban J connectivity index is 3.55. The van der Waals surface area contributed by atoms with E-state index in [1.807, 2.05) is 0 Å². The van der Waals surface area contributed by atoms with E-state index in [9.17, 15) is 14.4 Å². The first-order valence-corrected chi connectivity index (χ1v) is 6.23. The molecule has 0 aliphatic rings. The van der Waals surface area contributed by atoms with Crippen molar-refractivity contribution in [3.05, 3.63) is 24.3 Å². The summed E-state index contributed by atoms with van der Waals surface area (Å²) in [6.07, 6.45) is 0. The van der Waals surface area contributed by atoms with Crippen molar-refractivity contribution in [1.29, 1.82) is 0 Å². The lowest BCUT2D eigenvalue weighted by Crippen LogP contribution is -2.43. The van der Waals surface area contributed by atoms with Crippen LogP contribution in [0.15, 0.2) is 24.3 Å². The summed E-state index contributed by atoms with van der Waals surface area (Å²) in [5, 5.41) is 10.3. The van der Waals surface area contributed by atoms with E-state index < -0.39 is 0 Å². The van der Waals surface area contributed by atoms with Crippen molar-refractivity contribution in [2.75, 3.05) is 26.2 Å². The largest absolute Gasteiger partial charge is 0.351 e. The third-order valence-corrected chi connectivity index (χ3v) is 2.17. The highest BCUT2D eigenvalue weighted by Gasteiger charge is 2.03. The van der Waals surface area contributed by atoms with E-state index in [0.717, 1.165) is 0 Å². The molecule has 20 heavy (non-hydrogen) atoms. The summed E-state index contributed by atoms with van der Waals surface area (Å²) in [5.74, 6) is -0.482. The fourth-order valence-corrected chi connectivity index (χ4v) is 1.07. The standard InChI is InChI=1S/C13H22N4O3/c1-9(2)11(18)14-5-7-16-13(20)17-8-6-15-12(19)10(3)4/h1,3,5-8H2,2,4H3,(H,14,18)(H,15,19)(H2,16,17,20). The maximum atomic E-state index is 11.3. The Morgan fingerprint density at radius 1 is 0.700 bits per heavy atom. The number of urea groups is 1. The Labute approximate surface area is 118 Å². The van der Waals surface area contributed by atoms with E-state index in [1.54, 1.807) is 13.8 Å². The second-order valence-electron chi connectivity index (χ2n) is 4.26. The topological polar surface area (TPSA) is 99.3 Å². The van der Waals surface area contributed by atoms with Gasteiger partial charge in [-0.15, -0.1) is 0 Å². The molecule has 4 N–H and O–H groups in total. The van der Waals surface area contributed by atoms with Gasteiger partial charge in [-0.25, -0.2) is 4.79 Å². The minimum atomic E-state index is -0.362. The molecule has 0 radical (unpaired) electrons. The van der Waals surface area contributed by atoms with Gasteiger partial charge in [-0.05, 0) is 13.8 Å². The van der Waals surface area contributed by atoms with E-state index in [4.69, 9.17) is 0 Å². The van der Waals surface area contributed by atoms with E-state index in [0.29, 0.717) is 37.3 Å². The molecule has 0 aliphatic heterocycles. The second kappa shape index (κ2) is 9.60. The normalized spacial score (nSPS) is 9.30. The summed E-state index contributed by atoms with van der Waals surface area (Å²) in [7, 11) is 0. The Hall–Kier alpha value is -2.31. The maximum Gasteiger partial charge on any atom is 0.314 e. The van der Waals surface area contributed by atoms with Crippen LogP contribution in [0.4, 0.5) is 4.79 Å². The highest BCUT2D eigenvalue weighted by molar-refractivity contribution is 5.92. The summed E-state index contributed by atoms with van der Waals surface area (Å²) in [4.78, 5) is 33.6. The zero-order chi connectivity index (χ0) is 15.5. The molecule has 0 saturated carbocycles. The van der Waals surface area contributed by atoms with E-state index in [1.165, 1.54) is 0 Å². The van der Waals surface area contributed by atoms with Crippen LogP contribution in [0.5, 0.6) is 0 Å². The van der Waals surface area contributed by atoms with Gasteiger partial charge in [-0.2, -0.15) is 0 Å². The van der Waals surface area contributed by atoms with Gasteiger partial charge in [-0.1, -0.05) is 13.2 Å². The predicted molar refractivity (Wildman–Crippen MR) is 77.0 cm³/mol. The molecule has 112 valence electrons. The van der Waals surface area contributed by atoms with Crippen molar-refractivity contribution >= 4 is 17.8 Å². The van der Waals surface area contributed by atoms with Gasteiger partial charge in [0.25, 0.3) is 0 Å². The van der Waals surface area contributed by atoms with Gasteiger partial charge < -0.3 is 21.3 Å². The molecule has 0 aromatic heterocycles. The smallest absolute Gasteiger partial charge is 0.314 e. The van der Waals surface area contributed by atoms with Crippen LogP contribution < -0.4 is 21.3 Å². The van der Waals surface area contributed by atoms with Crippen LogP contribution in [-0.4, -0.2) is 44.0 Å². The summed E-state index contributed by atoms with van der Waals surface area (Å²) in [6, 6.07) is -0.362. The van der Waals surface area contributed by atoms with Crippen molar-refractivity contribution in [3.63, 3.8) is 0 Å². The van der Waals surface area contributed by atoms with Crippen LogP contribution in [-0.2, 0) is 9.59 Å². The maximum absolute atomic E-state index is 11.3. The number of nitrogens with one attached hydrogen (secondary N) is 4. The van der Waals surface area contributed by atoms with Gasteiger partial charge in [0.1, 0.15) is 0 Å². The average Bonchev–Trinajstić information content (AvgIpc) is 2.38. The minimum Gasteiger partial charge on any atom is -0.351 e. The highest BCUT2D eigenvalue weighted by atomic mass is 16.2. The molecule has 0 bridgehead atoms. The Kier molecular flexibility index (Phi) is 8.49. The summed E-state index contributed by atoms with van der Waals surface area (Å²) < 4.78 is 0. The number of carbonyl (C=O) groups excluding carboxylic acids is 3. The second-order valence-corrected chi connectivity index (χ2v) is 4.26. The van der Waals surface area contributed by atoms with E-state index in [2.05, 4.69) is 34.4 Å². The summed E-state index contributed by atoms with van der Waals surface area (Å²) in [5.41, 5.74) is 0.838. The van der Waals surface area contributed by atoms with Crippen molar-refractivity contribution in [2.45, 2.75) is 13.8 Å². The lowest BCUT2D eigenvalue weighted by atomic mass is 10.3. The van der Waals surface area contributed by atoms with Crippen molar-refractivity contribution < 1.29 is 14.4 Å². The van der Waals surface area contributed by atoms with Gasteiger partial charge >= 0.3 is 6.03 Å². The predicted octanol–water partition coefficient (Wildman–Crippen LogP) is -0.330. The third kappa shape index (κ3) is 8.73. The van der Waals surface area contributed by atoms with Crippen LogP contribution in [0, 0.1) is 0 Å². The van der Waals surface area contributed by atoms with Crippen LogP contribution >= 0.6 is 0 Å². The minimum absolute atomic E-state index is 0.241. The highest BCUT2D eigenvalue weighted by Crippen LogP contribution is 1.84. The molecule has 0 aromatic rings. The number of amides is 4. The fraction of sp³-hybridized carbons (Fsp3) is 0.462. The zero-order valence-corrected chi connectivity index (χ0v) is 12.0. The lowest BCUT2D eigenvalue weighted by Gasteiger charge is -2.09. The Bertz CT molecular complexity index is 368. The van der Waals surface area contributed by atoms with Crippen molar-refractivity contribution in [1.82, 2.24) is 21.3 Å².